The molecule has 0 N–H and O–H groups in total. The lowest BCUT2D eigenvalue weighted by Gasteiger charge is -2.13. The molecule has 0 atom stereocenters. The predicted octanol–water partition coefficient (Wildman–Crippen LogP) is 6.04. The van der Waals surface area contributed by atoms with E-state index in [1.807, 2.05) is 43.3 Å². The molecule has 1 saturated heterocycles. The van der Waals surface area contributed by atoms with Crippen molar-refractivity contribution in [3.8, 4) is 11.5 Å². The summed E-state index contributed by atoms with van der Waals surface area (Å²) in [6, 6.07) is 21.0. The van der Waals surface area contributed by atoms with Gasteiger partial charge in [0.15, 0.2) is 11.5 Å². The zero-order valence-corrected chi connectivity index (χ0v) is 18.8. The van der Waals surface area contributed by atoms with Crippen LogP contribution in [0, 0.1) is 5.82 Å². The second-order valence-electron chi connectivity index (χ2n) is 7.31. The number of hydrogen-bond acceptors (Lipinski definition) is 5. The van der Waals surface area contributed by atoms with Crippen LogP contribution >= 0.6 is 11.8 Å². The molecular weight excluding hydrogens is 441 g/mol. The average molecular weight is 464 g/mol. The van der Waals surface area contributed by atoms with Gasteiger partial charge in [-0.15, -0.1) is 0 Å². The van der Waals surface area contributed by atoms with Crippen LogP contribution in [0.1, 0.15) is 23.6 Å². The van der Waals surface area contributed by atoms with E-state index in [0.29, 0.717) is 35.2 Å². The number of thioether (sulfide) groups is 1. The summed E-state index contributed by atoms with van der Waals surface area (Å²) in [5.74, 6) is 0.417. The van der Waals surface area contributed by atoms with E-state index >= 15 is 0 Å². The molecule has 168 valence electrons. The van der Waals surface area contributed by atoms with Gasteiger partial charge in [-0.25, -0.2) is 4.39 Å². The molecular formula is C26H22FNO4S. The maximum absolute atomic E-state index is 13.1. The zero-order valence-electron chi connectivity index (χ0n) is 18.0. The Kier molecular flexibility index (Phi) is 7.10. The number of rotatable bonds is 8. The third kappa shape index (κ3) is 5.62. The lowest BCUT2D eigenvalue weighted by Crippen LogP contribution is -2.27. The van der Waals surface area contributed by atoms with Crippen LogP contribution in [-0.2, 0) is 17.9 Å². The van der Waals surface area contributed by atoms with E-state index in [2.05, 4.69) is 0 Å². The van der Waals surface area contributed by atoms with Gasteiger partial charge in [0, 0.05) is 0 Å². The average Bonchev–Trinajstić information content (AvgIpc) is 3.08. The van der Waals surface area contributed by atoms with Crippen LogP contribution in [0.25, 0.3) is 6.08 Å². The highest BCUT2D eigenvalue weighted by Gasteiger charge is 2.35. The fourth-order valence-electron chi connectivity index (χ4n) is 3.30. The van der Waals surface area contributed by atoms with Crippen molar-refractivity contribution in [1.29, 1.82) is 0 Å². The zero-order chi connectivity index (χ0) is 23.2. The van der Waals surface area contributed by atoms with Crippen molar-refractivity contribution in [2.24, 2.45) is 0 Å². The van der Waals surface area contributed by atoms with E-state index in [4.69, 9.17) is 9.47 Å². The molecule has 0 aromatic heterocycles. The third-order valence-corrected chi connectivity index (χ3v) is 5.84. The molecule has 1 aliphatic heterocycles. The first-order valence-electron chi connectivity index (χ1n) is 10.5. The van der Waals surface area contributed by atoms with Gasteiger partial charge >= 0.3 is 0 Å². The fourth-order valence-corrected chi connectivity index (χ4v) is 4.14. The number of ether oxygens (including phenoxy) is 2. The molecule has 4 rings (SSSR count). The molecule has 0 saturated carbocycles. The van der Waals surface area contributed by atoms with Crippen molar-refractivity contribution in [3.05, 3.63) is 100 Å². The Hall–Kier alpha value is -3.58. The molecule has 0 bridgehead atoms. The standard InChI is InChI=1S/C26H22FNO4S/c1-2-31-23-14-20(10-13-22(23)32-17-19-6-4-3-5-7-19)15-24-25(29)28(26(30)33-24)16-18-8-11-21(27)12-9-18/h3-15H,2,16-17H2,1H3/b24-15-. The van der Waals surface area contributed by atoms with Crippen molar-refractivity contribution < 1.29 is 23.5 Å². The molecule has 7 heteroatoms. The highest BCUT2D eigenvalue weighted by atomic mass is 32.2. The van der Waals surface area contributed by atoms with Gasteiger partial charge in [-0.3, -0.25) is 14.5 Å². The smallest absolute Gasteiger partial charge is 0.293 e. The van der Waals surface area contributed by atoms with E-state index in [0.717, 1.165) is 27.8 Å². The minimum atomic E-state index is -0.378. The quantitative estimate of drug-likeness (QED) is 0.381. The third-order valence-electron chi connectivity index (χ3n) is 4.93. The summed E-state index contributed by atoms with van der Waals surface area (Å²) in [4.78, 5) is 26.7. The summed E-state index contributed by atoms with van der Waals surface area (Å²) in [5.41, 5.74) is 2.44. The molecule has 1 heterocycles. The fraction of sp³-hybridized carbons (Fsp3) is 0.154. The summed E-state index contributed by atoms with van der Waals surface area (Å²) in [6.07, 6.45) is 1.67. The number of carbonyl (C=O) groups excluding carboxylic acids is 2. The lowest BCUT2D eigenvalue weighted by molar-refractivity contribution is -0.123. The Morgan fingerprint density at radius 2 is 1.67 bits per heavy atom. The molecule has 5 nitrogen and oxygen atoms in total. The van der Waals surface area contributed by atoms with Gasteiger partial charge in [0.1, 0.15) is 12.4 Å². The first-order valence-corrected chi connectivity index (χ1v) is 11.3. The molecule has 0 unspecified atom stereocenters. The van der Waals surface area contributed by atoms with Gasteiger partial charge < -0.3 is 9.47 Å². The molecule has 3 aromatic rings. The molecule has 1 aliphatic rings. The molecule has 3 aromatic carbocycles. The van der Waals surface area contributed by atoms with E-state index < -0.39 is 0 Å². The number of benzene rings is 3. The summed E-state index contributed by atoms with van der Waals surface area (Å²) in [5, 5.41) is -0.358. The van der Waals surface area contributed by atoms with Crippen LogP contribution in [0.5, 0.6) is 11.5 Å². The number of amides is 2. The van der Waals surface area contributed by atoms with Gasteiger partial charge in [-0.05, 0) is 65.7 Å². The van der Waals surface area contributed by atoms with Crippen molar-refractivity contribution in [1.82, 2.24) is 4.90 Å². The SMILES string of the molecule is CCOc1cc(/C=C2\SC(=O)N(Cc3ccc(F)cc3)C2=O)ccc1OCc1ccccc1. The summed E-state index contributed by atoms with van der Waals surface area (Å²) in [7, 11) is 0. The Labute approximate surface area is 195 Å². The van der Waals surface area contributed by atoms with Crippen LogP contribution in [0.3, 0.4) is 0 Å². The second kappa shape index (κ2) is 10.4. The number of imide groups is 1. The molecule has 0 spiro atoms. The van der Waals surface area contributed by atoms with Gasteiger partial charge in [0.25, 0.3) is 11.1 Å². The van der Waals surface area contributed by atoms with E-state index in [1.165, 1.54) is 12.1 Å². The van der Waals surface area contributed by atoms with Crippen LogP contribution < -0.4 is 9.47 Å². The van der Waals surface area contributed by atoms with Crippen molar-refractivity contribution in [2.75, 3.05) is 6.61 Å². The van der Waals surface area contributed by atoms with E-state index in [1.54, 1.807) is 30.3 Å². The Morgan fingerprint density at radius 3 is 2.39 bits per heavy atom. The molecule has 33 heavy (non-hydrogen) atoms. The largest absolute Gasteiger partial charge is 0.490 e. The topological polar surface area (TPSA) is 55.8 Å². The number of carbonyl (C=O) groups is 2. The minimum absolute atomic E-state index is 0.0960. The van der Waals surface area contributed by atoms with Gasteiger partial charge in [-0.2, -0.15) is 0 Å². The normalized spacial score (nSPS) is 14.7. The number of hydrogen-bond donors (Lipinski definition) is 0. The van der Waals surface area contributed by atoms with Gasteiger partial charge in [0.2, 0.25) is 0 Å². The molecule has 2 amide bonds. The van der Waals surface area contributed by atoms with E-state index in [9.17, 15) is 14.0 Å². The second-order valence-corrected chi connectivity index (χ2v) is 8.30. The monoisotopic (exact) mass is 463 g/mol. The Morgan fingerprint density at radius 1 is 0.909 bits per heavy atom. The van der Waals surface area contributed by atoms with Crippen LogP contribution in [0.2, 0.25) is 0 Å². The van der Waals surface area contributed by atoms with Crippen molar-refractivity contribution >= 4 is 29.0 Å². The Bertz CT molecular complexity index is 1180. The van der Waals surface area contributed by atoms with Crippen molar-refractivity contribution in [3.63, 3.8) is 0 Å². The highest BCUT2D eigenvalue weighted by Crippen LogP contribution is 2.35. The van der Waals surface area contributed by atoms with E-state index in [-0.39, 0.29) is 23.5 Å². The predicted molar refractivity (Wildman–Crippen MR) is 126 cm³/mol. The highest BCUT2D eigenvalue weighted by molar-refractivity contribution is 8.18. The van der Waals surface area contributed by atoms with Crippen LogP contribution in [0.15, 0.2) is 77.7 Å². The molecule has 0 radical (unpaired) electrons. The molecule has 0 aliphatic carbocycles. The van der Waals surface area contributed by atoms with Gasteiger partial charge in [-0.1, -0.05) is 48.5 Å². The lowest BCUT2D eigenvalue weighted by atomic mass is 10.1. The number of nitrogens with zero attached hydrogens (tertiary/aromatic N) is 1. The first-order chi connectivity index (χ1) is 16.0. The minimum Gasteiger partial charge on any atom is -0.490 e. The number of halogens is 1. The maximum Gasteiger partial charge on any atom is 0.293 e. The Balaban J connectivity index is 1.50. The summed E-state index contributed by atoms with van der Waals surface area (Å²) >= 11 is 0.882. The molecule has 1 fully saturated rings. The van der Waals surface area contributed by atoms with Crippen LogP contribution in [-0.4, -0.2) is 22.7 Å². The summed E-state index contributed by atoms with van der Waals surface area (Å²) < 4.78 is 24.8. The van der Waals surface area contributed by atoms with Gasteiger partial charge in [0.05, 0.1) is 18.1 Å². The summed E-state index contributed by atoms with van der Waals surface area (Å²) in [6.45, 7) is 2.84. The van der Waals surface area contributed by atoms with Crippen LogP contribution in [0.4, 0.5) is 9.18 Å². The first kappa shape index (κ1) is 22.6. The maximum atomic E-state index is 13.1. The van der Waals surface area contributed by atoms with Crippen molar-refractivity contribution in [2.45, 2.75) is 20.1 Å².